The number of carboxylic acid groups (broad SMARTS) is 1. The van der Waals surface area contributed by atoms with Gasteiger partial charge in [0.25, 0.3) is 5.91 Å². The molecule has 1 unspecified atom stereocenters. The highest BCUT2D eigenvalue weighted by Crippen LogP contribution is 2.31. The van der Waals surface area contributed by atoms with Gasteiger partial charge in [-0.05, 0) is 30.0 Å². The molecule has 1 saturated heterocycles. The van der Waals surface area contributed by atoms with Gasteiger partial charge >= 0.3 is 5.97 Å². The highest BCUT2D eigenvalue weighted by Gasteiger charge is 2.24. The minimum Gasteiger partial charge on any atom is -0.478 e. The summed E-state index contributed by atoms with van der Waals surface area (Å²) in [6.07, 6.45) is 1.76. The van der Waals surface area contributed by atoms with E-state index >= 15 is 0 Å². The van der Waals surface area contributed by atoms with Crippen molar-refractivity contribution in [3.05, 3.63) is 52.4 Å². The third-order valence-electron chi connectivity index (χ3n) is 3.32. The fourth-order valence-corrected chi connectivity index (χ4v) is 3.35. The van der Waals surface area contributed by atoms with Gasteiger partial charge in [-0.15, -0.1) is 0 Å². The summed E-state index contributed by atoms with van der Waals surface area (Å²) < 4.78 is 0. The van der Waals surface area contributed by atoms with Crippen molar-refractivity contribution < 1.29 is 14.7 Å². The Morgan fingerprint density at radius 2 is 2.00 bits per heavy atom. The van der Waals surface area contributed by atoms with Crippen LogP contribution in [0, 0.1) is 0 Å². The summed E-state index contributed by atoms with van der Waals surface area (Å²) in [6.45, 7) is 1.91. The molecular formula is C16H13NO3S. The highest BCUT2D eigenvalue weighted by molar-refractivity contribution is 8.05. The average Bonchev–Trinajstić information content (AvgIpc) is 2.76. The van der Waals surface area contributed by atoms with E-state index in [0.29, 0.717) is 10.3 Å². The topological polar surface area (TPSA) is 66.4 Å². The number of fused-ring (bicyclic) bond motifs is 1. The number of benzene rings is 2. The lowest BCUT2D eigenvalue weighted by molar-refractivity contribution is -0.116. The molecule has 0 spiro atoms. The van der Waals surface area contributed by atoms with E-state index in [-0.39, 0.29) is 16.8 Å². The van der Waals surface area contributed by atoms with Crippen LogP contribution < -0.4 is 5.32 Å². The molecule has 1 atom stereocenters. The fourth-order valence-electron chi connectivity index (χ4n) is 2.44. The summed E-state index contributed by atoms with van der Waals surface area (Å²) in [5, 5.41) is 13.7. The van der Waals surface area contributed by atoms with Crippen molar-refractivity contribution in [3.63, 3.8) is 0 Å². The lowest BCUT2D eigenvalue weighted by Crippen LogP contribution is -2.21. The molecule has 0 radical (unpaired) electrons. The molecule has 5 heteroatoms. The predicted molar refractivity (Wildman–Crippen MR) is 84.1 cm³/mol. The van der Waals surface area contributed by atoms with Crippen molar-refractivity contribution >= 4 is 40.5 Å². The van der Waals surface area contributed by atoms with E-state index in [1.54, 1.807) is 18.2 Å². The predicted octanol–water partition coefficient (Wildman–Crippen LogP) is 3.09. The van der Waals surface area contributed by atoms with Crippen LogP contribution in [0.4, 0.5) is 0 Å². The lowest BCUT2D eigenvalue weighted by atomic mass is 9.99. The number of carbonyl (C=O) groups excluding carboxylic acids is 1. The molecule has 3 rings (SSSR count). The number of carboxylic acids is 1. The zero-order valence-corrected chi connectivity index (χ0v) is 12.1. The van der Waals surface area contributed by atoms with Gasteiger partial charge in [-0.1, -0.05) is 42.1 Å². The second-order valence-corrected chi connectivity index (χ2v) is 6.18. The van der Waals surface area contributed by atoms with Crippen LogP contribution in [0.2, 0.25) is 0 Å². The first kappa shape index (κ1) is 13.7. The quantitative estimate of drug-likeness (QED) is 0.836. The Hall–Kier alpha value is -2.27. The normalized spacial score (nSPS) is 20.0. The SMILES string of the molecule is CC1NC(=O)/C(=C/c2cccc3cccc(C(=O)O)c23)S1. The van der Waals surface area contributed by atoms with Crippen molar-refractivity contribution in [1.29, 1.82) is 0 Å². The third kappa shape index (κ3) is 2.52. The van der Waals surface area contributed by atoms with Gasteiger partial charge in [-0.2, -0.15) is 0 Å². The van der Waals surface area contributed by atoms with Crippen LogP contribution in [0.5, 0.6) is 0 Å². The molecule has 2 N–H and O–H groups in total. The van der Waals surface area contributed by atoms with Crippen molar-refractivity contribution in [1.82, 2.24) is 5.32 Å². The Kier molecular flexibility index (Phi) is 3.43. The van der Waals surface area contributed by atoms with Crippen LogP contribution in [0.1, 0.15) is 22.8 Å². The molecule has 2 aromatic carbocycles. The molecular weight excluding hydrogens is 286 g/mol. The first-order chi connectivity index (χ1) is 10.1. The smallest absolute Gasteiger partial charge is 0.336 e. The second-order valence-electron chi connectivity index (χ2n) is 4.80. The largest absolute Gasteiger partial charge is 0.478 e. The fraction of sp³-hybridized carbons (Fsp3) is 0.125. The molecule has 1 aliphatic heterocycles. The Bertz CT molecular complexity index is 777. The number of aromatic carboxylic acids is 1. The van der Waals surface area contributed by atoms with Crippen molar-refractivity contribution in [2.24, 2.45) is 0 Å². The summed E-state index contributed by atoms with van der Waals surface area (Å²) in [5.74, 6) is -1.08. The third-order valence-corrected chi connectivity index (χ3v) is 4.34. The molecule has 1 fully saturated rings. The maximum atomic E-state index is 11.8. The second kappa shape index (κ2) is 5.26. The average molecular weight is 299 g/mol. The maximum absolute atomic E-state index is 11.8. The summed E-state index contributed by atoms with van der Waals surface area (Å²) in [6, 6.07) is 10.7. The zero-order valence-electron chi connectivity index (χ0n) is 11.3. The minimum absolute atomic E-state index is 0.0395. The number of hydrogen-bond acceptors (Lipinski definition) is 3. The summed E-state index contributed by atoms with van der Waals surface area (Å²) >= 11 is 1.44. The van der Waals surface area contributed by atoms with Crippen LogP contribution in [0.3, 0.4) is 0 Å². The van der Waals surface area contributed by atoms with Gasteiger partial charge in [0.1, 0.15) is 0 Å². The number of amides is 1. The molecule has 4 nitrogen and oxygen atoms in total. The van der Waals surface area contributed by atoms with E-state index in [9.17, 15) is 14.7 Å². The molecule has 0 aliphatic carbocycles. The molecule has 0 aromatic heterocycles. The summed E-state index contributed by atoms with van der Waals surface area (Å²) in [4.78, 5) is 23.8. The van der Waals surface area contributed by atoms with Gasteiger partial charge in [0.05, 0.1) is 15.8 Å². The van der Waals surface area contributed by atoms with E-state index in [0.717, 1.165) is 10.9 Å². The van der Waals surface area contributed by atoms with E-state index < -0.39 is 5.97 Å². The molecule has 1 aliphatic rings. The van der Waals surface area contributed by atoms with Crippen LogP contribution in [-0.2, 0) is 4.79 Å². The van der Waals surface area contributed by atoms with E-state index in [1.807, 2.05) is 31.2 Å². The molecule has 0 bridgehead atoms. The summed E-state index contributed by atoms with van der Waals surface area (Å²) in [7, 11) is 0. The Labute approximate surface area is 125 Å². The molecule has 2 aromatic rings. The van der Waals surface area contributed by atoms with Crippen molar-refractivity contribution in [2.45, 2.75) is 12.3 Å². The molecule has 1 heterocycles. The zero-order chi connectivity index (χ0) is 15.0. The van der Waals surface area contributed by atoms with Crippen LogP contribution >= 0.6 is 11.8 Å². The van der Waals surface area contributed by atoms with E-state index in [1.165, 1.54) is 11.8 Å². The van der Waals surface area contributed by atoms with Gasteiger partial charge in [-0.25, -0.2) is 4.79 Å². The Morgan fingerprint density at radius 3 is 2.62 bits per heavy atom. The first-order valence-electron chi connectivity index (χ1n) is 6.50. The first-order valence-corrected chi connectivity index (χ1v) is 7.38. The van der Waals surface area contributed by atoms with E-state index in [2.05, 4.69) is 5.32 Å². The monoisotopic (exact) mass is 299 g/mol. The van der Waals surface area contributed by atoms with Gasteiger partial charge in [-0.3, -0.25) is 4.79 Å². The maximum Gasteiger partial charge on any atom is 0.336 e. The van der Waals surface area contributed by atoms with E-state index in [4.69, 9.17) is 0 Å². The number of rotatable bonds is 2. The Morgan fingerprint density at radius 1 is 1.29 bits per heavy atom. The van der Waals surface area contributed by atoms with Crippen LogP contribution in [0.25, 0.3) is 16.8 Å². The lowest BCUT2D eigenvalue weighted by Gasteiger charge is -2.06. The van der Waals surface area contributed by atoms with Crippen molar-refractivity contribution in [2.75, 3.05) is 0 Å². The number of hydrogen-bond donors (Lipinski definition) is 2. The number of thioether (sulfide) groups is 1. The molecule has 1 amide bonds. The molecule has 106 valence electrons. The Balaban J connectivity index is 2.22. The highest BCUT2D eigenvalue weighted by atomic mass is 32.2. The standard InChI is InChI=1S/C16H13NO3S/c1-9-17-15(18)13(21-9)8-11-6-2-4-10-5-3-7-12(14(10)11)16(19)20/h2-9H,1H3,(H,17,18)(H,19,20)/b13-8-. The molecule has 0 saturated carbocycles. The van der Waals surface area contributed by atoms with Gasteiger partial charge in [0.15, 0.2) is 0 Å². The molecule has 21 heavy (non-hydrogen) atoms. The number of nitrogens with one attached hydrogen (secondary N) is 1. The van der Waals surface area contributed by atoms with Crippen LogP contribution in [0.15, 0.2) is 41.3 Å². The number of carbonyl (C=O) groups is 2. The van der Waals surface area contributed by atoms with Gasteiger partial charge in [0, 0.05) is 5.39 Å². The summed E-state index contributed by atoms with van der Waals surface area (Å²) in [5.41, 5.74) is 0.994. The van der Waals surface area contributed by atoms with Crippen molar-refractivity contribution in [3.8, 4) is 0 Å². The van der Waals surface area contributed by atoms with Crippen LogP contribution in [-0.4, -0.2) is 22.4 Å². The van der Waals surface area contributed by atoms with Gasteiger partial charge < -0.3 is 10.4 Å². The van der Waals surface area contributed by atoms with Gasteiger partial charge in [0.2, 0.25) is 0 Å². The minimum atomic E-state index is -0.969.